The molecule has 3 aromatic rings. The van der Waals surface area contributed by atoms with Crippen molar-refractivity contribution >= 4 is 29.1 Å². The van der Waals surface area contributed by atoms with E-state index in [4.69, 9.17) is 4.42 Å². The molecule has 0 bridgehead atoms. The van der Waals surface area contributed by atoms with Crippen molar-refractivity contribution in [2.24, 2.45) is 0 Å². The van der Waals surface area contributed by atoms with Crippen LogP contribution in [0.15, 0.2) is 76.5 Å². The molecule has 1 aliphatic rings. The van der Waals surface area contributed by atoms with Gasteiger partial charge < -0.3 is 4.42 Å². The molecule has 2 amide bonds. The van der Waals surface area contributed by atoms with Gasteiger partial charge in [0.05, 0.1) is 29.0 Å². The Kier molecular flexibility index (Phi) is 5.08. The van der Waals surface area contributed by atoms with Crippen LogP contribution in [0.25, 0.3) is 5.57 Å². The van der Waals surface area contributed by atoms with Crippen LogP contribution < -0.4 is 0 Å². The average molecular weight is 394 g/mol. The van der Waals surface area contributed by atoms with Crippen molar-refractivity contribution in [1.29, 1.82) is 0 Å². The van der Waals surface area contributed by atoms with E-state index >= 15 is 0 Å². The van der Waals surface area contributed by atoms with Gasteiger partial charge in [-0.1, -0.05) is 12.1 Å². The first-order valence-corrected chi connectivity index (χ1v) is 9.52. The molecule has 7 heteroatoms. The zero-order valence-electron chi connectivity index (χ0n) is 14.7. The number of nitrogens with zero attached hydrogens (tertiary/aromatic N) is 2. The van der Waals surface area contributed by atoms with Gasteiger partial charge in [-0.15, -0.1) is 11.8 Å². The van der Waals surface area contributed by atoms with Crippen molar-refractivity contribution in [2.45, 2.75) is 12.3 Å². The number of rotatable bonds is 6. The Labute approximate surface area is 164 Å². The van der Waals surface area contributed by atoms with Gasteiger partial charge in [0, 0.05) is 12.4 Å². The van der Waals surface area contributed by atoms with Crippen molar-refractivity contribution in [3.8, 4) is 0 Å². The number of amides is 2. The summed E-state index contributed by atoms with van der Waals surface area (Å²) >= 11 is 1.24. The van der Waals surface area contributed by atoms with Gasteiger partial charge in [0.1, 0.15) is 11.6 Å². The van der Waals surface area contributed by atoms with E-state index in [1.807, 2.05) is 0 Å². The van der Waals surface area contributed by atoms with E-state index in [1.54, 1.807) is 42.9 Å². The lowest BCUT2D eigenvalue weighted by molar-refractivity contribution is -0.137. The highest BCUT2D eigenvalue weighted by Gasteiger charge is 2.39. The Balaban J connectivity index is 1.67. The number of carbonyl (C=O) groups excluding carboxylic acids is 2. The van der Waals surface area contributed by atoms with E-state index in [-0.39, 0.29) is 18.0 Å². The summed E-state index contributed by atoms with van der Waals surface area (Å²) < 4.78 is 18.7. The van der Waals surface area contributed by atoms with E-state index in [1.165, 1.54) is 40.9 Å². The highest BCUT2D eigenvalue weighted by Crippen LogP contribution is 2.38. The quantitative estimate of drug-likeness (QED) is 0.591. The fraction of sp³-hybridized carbons (Fsp3) is 0.0952. The molecule has 0 saturated carbocycles. The zero-order chi connectivity index (χ0) is 19.5. The van der Waals surface area contributed by atoms with Crippen molar-refractivity contribution < 1.29 is 18.4 Å². The Morgan fingerprint density at radius 1 is 1.00 bits per heavy atom. The van der Waals surface area contributed by atoms with Crippen molar-refractivity contribution in [3.63, 3.8) is 0 Å². The standard InChI is InChI=1S/C21H15FN2O3S/c22-16-5-3-15(4-6-16)18-19(28-13-17-2-1-11-27-17)21(26)24(20(18)25)12-14-7-9-23-10-8-14/h1-11H,12-13H2. The lowest BCUT2D eigenvalue weighted by atomic mass is 10.1. The molecule has 1 aliphatic heterocycles. The predicted molar refractivity (Wildman–Crippen MR) is 103 cm³/mol. The van der Waals surface area contributed by atoms with Crippen LogP contribution in [0, 0.1) is 5.82 Å². The van der Waals surface area contributed by atoms with E-state index in [0.29, 0.717) is 22.0 Å². The number of aromatic nitrogens is 1. The number of pyridine rings is 1. The largest absolute Gasteiger partial charge is 0.468 e. The third-order valence-corrected chi connectivity index (χ3v) is 5.38. The Hall–Kier alpha value is -3.19. The van der Waals surface area contributed by atoms with Crippen molar-refractivity contribution in [1.82, 2.24) is 9.88 Å². The maximum absolute atomic E-state index is 13.3. The highest BCUT2D eigenvalue weighted by molar-refractivity contribution is 8.03. The van der Waals surface area contributed by atoms with Gasteiger partial charge in [-0.3, -0.25) is 19.5 Å². The molecule has 28 heavy (non-hydrogen) atoms. The van der Waals surface area contributed by atoms with Crippen LogP contribution in [0.1, 0.15) is 16.9 Å². The smallest absolute Gasteiger partial charge is 0.268 e. The summed E-state index contributed by atoms with van der Waals surface area (Å²) in [4.78, 5) is 31.6. The molecule has 0 atom stereocenters. The van der Waals surface area contributed by atoms with E-state index < -0.39 is 11.7 Å². The maximum atomic E-state index is 13.3. The van der Waals surface area contributed by atoms with Gasteiger partial charge in [0.15, 0.2) is 0 Å². The van der Waals surface area contributed by atoms with Gasteiger partial charge in [-0.2, -0.15) is 0 Å². The highest BCUT2D eigenvalue weighted by atomic mass is 32.2. The van der Waals surface area contributed by atoms with E-state index in [0.717, 1.165) is 5.56 Å². The van der Waals surface area contributed by atoms with Crippen molar-refractivity contribution in [2.75, 3.05) is 0 Å². The van der Waals surface area contributed by atoms with Gasteiger partial charge in [0.2, 0.25) is 0 Å². The Morgan fingerprint density at radius 2 is 1.75 bits per heavy atom. The van der Waals surface area contributed by atoms with Crippen LogP contribution in [0.5, 0.6) is 0 Å². The summed E-state index contributed by atoms with van der Waals surface area (Å²) in [5, 5.41) is 0. The number of carbonyl (C=O) groups is 2. The number of furan rings is 1. The molecule has 0 saturated heterocycles. The number of hydrogen-bond acceptors (Lipinski definition) is 5. The molecule has 0 fully saturated rings. The predicted octanol–water partition coefficient (Wildman–Crippen LogP) is 4.03. The second-order valence-corrected chi connectivity index (χ2v) is 7.12. The summed E-state index contributed by atoms with van der Waals surface area (Å²) in [6.45, 7) is 0.149. The first-order chi connectivity index (χ1) is 13.6. The molecule has 4 rings (SSSR count). The molecule has 0 spiro atoms. The fourth-order valence-corrected chi connectivity index (χ4v) is 3.95. The van der Waals surface area contributed by atoms with Crippen LogP contribution in [0.2, 0.25) is 0 Å². The second kappa shape index (κ2) is 7.82. The lowest BCUT2D eigenvalue weighted by Crippen LogP contribution is -2.30. The molecule has 140 valence electrons. The first-order valence-electron chi connectivity index (χ1n) is 8.54. The van der Waals surface area contributed by atoms with E-state index in [2.05, 4.69) is 4.98 Å². The van der Waals surface area contributed by atoms with Crippen molar-refractivity contribution in [3.05, 3.63) is 94.8 Å². The Bertz CT molecular complexity index is 1030. The molecule has 0 radical (unpaired) electrons. The van der Waals surface area contributed by atoms with Gasteiger partial charge in [-0.05, 0) is 47.5 Å². The van der Waals surface area contributed by atoms with Gasteiger partial charge in [0.25, 0.3) is 11.8 Å². The second-order valence-electron chi connectivity index (χ2n) is 6.13. The maximum Gasteiger partial charge on any atom is 0.268 e. The fourth-order valence-electron chi connectivity index (χ4n) is 2.91. The average Bonchev–Trinajstić information content (AvgIpc) is 3.30. The summed E-state index contributed by atoms with van der Waals surface area (Å²) in [7, 11) is 0. The normalized spacial score (nSPS) is 14.2. The van der Waals surface area contributed by atoms with Crippen LogP contribution in [0.4, 0.5) is 4.39 Å². The Morgan fingerprint density at radius 3 is 2.43 bits per heavy atom. The number of hydrogen-bond donors (Lipinski definition) is 0. The lowest BCUT2D eigenvalue weighted by Gasteiger charge is -2.15. The van der Waals surface area contributed by atoms with Crippen LogP contribution in [-0.4, -0.2) is 21.7 Å². The number of halogens is 1. The minimum absolute atomic E-state index is 0.149. The molecular formula is C21H15FN2O3S. The third kappa shape index (κ3) is 3.61. The molecule has 0 unspecified atom stereocenters. The molecule has 5 nitrogen and oxygen atoms in total. The molecule has 3 heterocycles. The third-order valence-electron chi connectivity index (χ3n) is 4.29. The minimum Gasteiger partial charge on any atom is -0.468 e. The monoisotopic (exact) mass is 394 g/mol. The topological polar surface area (TPSA) is 63.4 Å². The van der Waals surface area contributed by atoms with Crippen LogP contribution in [-0.2, 0) is 21.9 Å². The van der Waals surface area contributed by atoms with E-state index in [9.17, 15) is 14.0 Å². The first kappa shape index (κ1) is 18.2. The van der Waals surface area contributed by atoms with Crippen LogP contribution in [0.3, 0.4) is 0 Å². The van der Waals surface area contributed by atoms with Gasteiger partial charge >= 0.3 is 0 Å². The van der Waals surface area contributed by atoms with Crippen LogP contribution >= 0.6 is 11.8 Å². The minimum atomic E-state index is -0.403. The SMILES string of the molecule is O=C1C(SCc2ccco2)=C(c2ccc(F)cc2)C(=O)N1Cc1ccncc1. The molecule has 1 aromatic carbocycles. The molecule has 0 N–H and O–H groups in total. The number of benzene rings is 1. The molecule has 0 aliphatic carbocycles. The zero-order valence-corrected chi connectivity index (χ0v) is 15.5. The molecular weight excluding hydrogens is 379 g/mol. The number of imide groups is 1. The molecule has 2 aromatic heterocycles. The summed E-state index contributed by atoms with van der Waals surface area (Å²) in [6, 6.07) is 12.7. The van der Waals surface area contributed by atoms with Gasteiger partial charge in [-0.25, -0.2) is 4.39 Å². The number of thioether (sulfide) groups is 1. The summed E-state index contributed by atoms with van der Waals surface area (Å²) in [5.74, 6) is -0.0498. The summed E-state index contributed by atoms with van der Waals surface area (Å²) in [5.41, 5.74) is 1.60. The summed E-state index contributed by atoms with van der Waals surface area (Å²) in [6.07, 6.45) is 4.78.